The summed E-state index contributed by atoms with van der Waals surface area (Å²) in [6.07, 6.45) is 8.94. The Labute approximate surface area is 168 Å². The minimum Gasteiger partial charge on any atom is -0.339 e. The first-order valence-corrected chi connectivity index (χ1v) is 10.00. The molecule has 0 spiro atoms. The lowest BCUT2D eigenvalue weighted by molar-refractivity contribution is -0.133. The van der Waals surface area contributed by atoms with Crippen molar-refractivity contribution in [1.82, 2.24) is 19.7 Å². The summed E-state index contributed by atoms with van der Waals surface area (Å²) in [6.45, 7) is 5.80. The maximum Gasteiger partial charge on any atom is 0.236 e. The molecule has 28 heavy (non-hydrogen) atoms. The molecule has 2 aromatic rings. The number of nitrogens with zero attached hydrogens (tertiary/aromatic N) is 4. The van der Waals surface area contributed by atoms with Crippen molar-refractivity contribution in [1.29, 1.82) is 0 Å². The molecule has 3 rings (SSSR count). The van der Waals surface area contributed by atoms with Gasteiger partial charge in [-0.2, -0.15) is 0 Å². The molecule has 1 fully saturated rings. The van der Waals surface area contributed by atoms with Crippen LogP contribution in [0.5, 0.6) is 0 Å². The van der Waals surface area contributed by atoms with E-state index in [0.717, 1.165) is 45.7 Å². The van der Waals surface area contributed by atoms with Gasteiger partial charge in [-0.25, -0.2) is 0 Å². The highest BCUT2D eigenvalue weighted by Gasteiger charge is 2.21. The minimum atomic E-state index is 0.233. The second-order valence-corrected chi connectivity index (χ2v) is 7.34. The summed E-state index contributed by atoms with van der Waals surface area (Å²) in [5.41, 5.74) is 2.48. The number of amides is 1. The van der Waals surface area contributed by atoms with Crippen LogP contribution in [-0.2, 0) is 11.2 Å². The summed E-state index contributed by atoms with van der Waals surface area (Å²) in [4.78, 5) is 23.1. The molecule has 0 N–H and O–H groups in total. The molecule has 0 saturated carbocycles. The summed E-state index contributed by atoms with van der Waals surface area (Å²) in [6, 6.07) is 14.4. The summed E-state index contributed by atoms with van der Waals surface area (Å²) < 4.78 is 0. The van der Waals surface area contributed by atoms with Crippen LogP contribution in [0.1, 0.15) is 11.1 Å². The van der Waals surface area contributed by atoms with Crippen molar-refractivity contribution in [3.8, 4) is 0 Å². The van der Waals surface area contributed by atoms with Crippen LogP contribution in [0.3, 0.4) is 0 Å². The van der Waals surface area contributed by atoms with Crippen LogP contribution in [0.15, 0.2) is 60.9 Å². The van der Waals surface area contributed by atoms with E-state index >= 15 is 0 Å². The Kier molecular flexibility index (Phi) is 7.76. The van der Waals surface area contributed by atoms with Crippen molar-refractivity contribution in [3.63, 3.8) is 0 Å². The highest BCUT2D eigenvalue weighted by atomic mass is 16.2. The first-order chi connectivity index (χ1) is 13.7. The quantitative estimate of drug-likeness (QED) is 0.707. The molecular weight excluding hydrogens is 348 g/mol. The van der Waals surface area contributed by atoms with Gasteiger partial charge in [0, 0.05) is 51.7 Å². The van der Waals surface area contributed by atoms with Gasteiger partial charge in [0.2, 0.25) is 5.91 Å². The van der Waals surface area contributed by atoms with Gasteiger partial charge in [-0.3, -0.25) is 19.6 Å². The van der Waals surface area contributed by atoms with Crippen molar-refractivity contribution in [2.24, 2.45) is 0 Å². The molecule has 148 valence electrons. The zero-order valence-electron chi connectivity index (χ0n) is 16.7. The molecule has 1 aliphatic rings. The Balaban J connectivity index is 1.34. The third-order valence-electron chi connectivity index (χ3n) is 5.14. The monoisotopic (exact) mass is 378 g/mol. The lowest BCUT2D eigenvalue weighted by Crippen LogP contribution is -2.50. The molecular formula is C23H30N4O. The third kappa shape index (κ3) is 6.59. The Hall–Kier alpha value is -2.50. The van der Waals surface area contributed by atoms with Gasteiger partial charge < -0.3 is 4.90 Å². The fraction of sp³-hybridized carbons (Fsp3) is 0.391. The number of piperazine rings is 1. The predicted octanol–water partition coefficient (Wildman–Crippen LogP) is 2.41. The van der Waals surface area contributed by atoms with E-state index in [1.807, 2.05) is 42.5 Å². The minimum absolute atomic E-state index is 0.233. The van der Waals surface area contributed by atoms with E-state index in [4.69, 9.17) is 0 Å². The zero-order valence-corrected chi connectivity index (χ0v) is 16.7. The van der Waals surface area contributed by atoms with Crippen LogP contribution in [0.4, 0.5) is 0 Å². The molecule has 5 nitrogen and oxygen atoms in total. The molecule has 1 amide bonds. The van der Waals surface area contributed by atoms with Crippen LogP contribution in [0.25, 0.3) is 6.08 Å². The fourth-order valence-corrected chi connectivity index (χ4v) is 3.36. The van der Waals surface area contributed by atoms with Gasteiger partial charge in [0.25, 0.3) is 0 Å². The first-order valence-electron chi connectivity index (χ1n) is 10.00. The molecule has 0 aliphatic carbocycles. The predicted molar refractivity (Wildman–Crippen MR) is 114 cm³/mol. The van der Waals surface area contributed by atoms with Crippen molar-refractivity contribution < 1.29 is 4.79 Å². The average molecular weight is 379 g/mol. The fourth-order valence-electron chi connectivity index (χ4n) is 3.36. The van der Waals surface area contributed by atoms with Crippen LogP contribution >= 0.6 is 0 Å². The normalized spacial score (nSPS) is 15.4. The van der Waals surface area contributed by atoms with Gasteiger partial charge >= 0.3 is 0 Å². The Morgan fingerprint density at radius 2 is 1.79 bits per heavy atom. The van der Waals surface area contributed by atoms with E-state index < -0.39 is 0 Å². The summed E-state index contributed by atoms with van der Waals surface area (Å²) in [7, 11) is 2.02. The summed E-state index contributed by atoms with van der Waals surface area (Å²) >= 11 is 0. The molecule has 0 radical (unpaired) electrons. The van der Waals surface area contributed by atoms with E-state index in [-0.39, 0.29) is 5.91 Å². The Morgan fingerprint density at radius 1 is 1.07 bits per heavy atom. The second-order valence-electron chi connectivity index (χ2n) is 7.34. The highest BCUT2D eigenvalue weighted by molar-refractivity contribution is 5.78. The molecule has 1 aromatic carbocycles. The van der Waals surface area contributed by atoms with E-state index in [2.05, 4.69) is 51.2 Å². The van der Waals surface area contributed by atoms with Crippen LogP contribution in [0.2, 0.25) is 0 Å². The van der Waals surface area contributed by atoms with Gasteiger partial charge in [-0.15, -0.1) is 0 Å². The first kappa shape index (κ1) is 20.2. The van der Waals surface area contributed by atoms with E-state index in [0.29, 0.717) is 6.54 Å². The van der Waals surface area contributed by atoms with Crippen LogP contribution in [0, 0.1) is 0 Å². The maximum absolute atomic E-state index is 12.6. The second kappa shape index (κ2) is 10.7. The van der Waals surface area contributed by atoms with E-state index in [1.54, 1.807) is 0 Å². The SMILES string of the molecule is CN(CCc1ccncc1)CC(=O)N1CCN(C/C=C/c2ccccc2)CC1. The van der Waals surface area contributed by atoms with Gasteiger partial charge in [0.1, 0.15) is 0 Å². The maximum atomic E-state index is 12.6. The number of hydrogen-bond acceptors (Lipinski definition) is 4. The molecule has 0 atom stereocenters. The topological polar surface area (TPSA) is 39.7 Å². The molecule has 5 heteroatoms. The molecule has 1 saturated heterocycles. The standard InChI is InChI=1S/C23H30N4O/c1-25(15-11-22-9-12-24-13-10-22)20-23(28)27-18-16-26(17-19-27)14-5-8-21-6-3-2-4-7-21/h2-10,12-13H,11,14-20H2,1H3/b8-5+. The number of pyridine rings is 1. The number of rotatable bonds is 8. The molecule has 1 aliphatic heterocycles. The molecule has 2 heterocycles. The van der Waals surface area contributed by atoms with Gasteiger partial charge in [0.15, 0.2) is 0 Å². The van der Waals surface area contributed by atoms with Crippen molar-refractivity contribution >= 4 is 12.0 Å². The third-order valence-corrected chi connectivity index (χ3v) is 5.14. The molecule has 0 bridgehead atoms. The van der Waals surface area contributed by atoms with E-state index in [9.17, 15) is 4.79 Å². The number of hydrogen-bond donors (Lipinski definition) is 0. The Bertz CT molecular complexity index is 740. The van der Waals surface area contributed by atoms with Crippen LogP contribution < -0.4 is 0 Å². The molecule has 0 unspecified atom stereocenters. The zero-order chi connectivity index (χ0) is 19.6. The number of carbonyl (C=O) groups excluding carboxylic acids is 1. The lowest BCUT2D eigenvalue weighted by Gasteiger charge is -2.35. The number of aromatic nitrogens is 1. The van der Waals surface area contributed by atoms with Crippen molar-refractivity contribution in [2.45, 2.75) is 6.42 Å². The van der Waals surface area contributed by atoms with Crippen LogP contribution in [-0.4, -0.2) is 78.5 Å². The average Bonchev–Trinajstić information content (AvgIpc) is 2.74. The van der Waals surface area contributed by atoms with Crippen molar-refractivity contribution in [3.05, 3.63) is 72.1 Å². The highest BCUT2D eigenvalue weighted by Crippen LogP contribution is 2.06. The Morgan fingerprint density at radius 3 is 2.50 bits per heavy atom. The lowest BCUT2D eigenvalue weighted by atomic mass is 10.2. The number of benzene rings is 1. The van der Waals surface area contributed by atoms with Crippen molar-refractivity contribution in [2.75, 3.05) is 52.9 Å². The van der Waals surface area contributed by atoms with Gasteiger partial charge in [0.05, 0.1) is 6.54 Å². The summed E-state index contributed by atoms with van der Waals surface area (Å²) in [5, 5.41) is 0. The van der Waals surface area contributed by atoms with E-state index in [1.165, 1.54) is 11.1 Å². The van der Waals surface area contributed by atoms with Gasteiger partial charge in [-0.05, 0) is 36.7 Å². The number of carbonyl (C=O) groups is 1. The number of likely N-dealkylation sites (N-methyl/N-ethyl adjacent to an activating group) is 1. The molecule has 1 aromatic heterocycles. The summed E-state index contributed by atoms with van der Waals surface area (Å²) in [5.74, 6) is 0.233. The largest absolute Gasteiger partial charge is 0.339 e. The van der Waals surface area contributed by atoms with Gasteiger partial charge in [-0.1, -0.05) is 42.5 Å². The smallest absolute Gasteiger partial charge is 0.236 e.